The number of primary amides is 1. The van der Waals surface area contributed by atoms with E-state index in [1.54, 1.807) is 0 Å². The van der Waals surface area contributed by atoms with Gasteiger partial charge in [-0.2, -0.15) is 36.0 Å². The van der Waals surface area contributed by atoms with Crippen molar-refractivity contribution < 1.29 is 35.5 Å². The topological polar surface area (TPSA) is 88.5 Å². The van der Waals surface area contributed by atoms with Gasteiger partial charge in [-0.05, 0) is 36.5 Å². The monoisotopic (exact) mass is 518 g/mol. The van der Waals surface area contributed by atoms with Gasteiger partial charge in [-0.1, -0.05) is 12.1 Å². The third-order valence-corrected chi connectivity index (χ3v) is 6.15. The quantitative estimate of drug-likeness (QED) is 0.471. The predicted molar refractivity (Wildman–Crippen MR) is 115 cm³/mol. The van der Waals surface area contributed by atoms with Crippen LogP contribution in [0.5, 0.6) is 0 Å². The number of benzene rings is 1. The number of fused-ring (bicyclic) bond motifs is 1. The molecule has 1 aliphatic rings. The van der Waals surface area contributed by atoms with Crippen LogP contribution in [0, 0.1) is 11.7 Å². The zero-order valence-electron chi connectivity index (χ0n) is 18.6. The average molecular weight is 518 g/mol. The number of likely N-dealkylation sites (tertiary alicyclic amines) is 1. The molecule has 4 rings (SSSR count). The lowest BCUT2D eigenvalue weighted by atomic mass is 9.81. The maximum absolute atomic E-state index is 13.5. The van der Waals surface area contributed by atoms with Crippen LogP contribution in [0.2, 0.25) is 0 Å². The highest BCUT2D eigenvalue weighted by molar-refractivity contribution is 5.72. The van der Waals surface area contributed by atoms with Crippen molar-refractivity contribution in [3.63, 3.8) is 0 Å². The minimum atomic E-state index is -4.91. The first-order chi connectivity index (χ1) is 16.8. The SMILES string of the molecule is NC(=O)N1CCCC(C(CNc2cc(C(F)(F)F)nc3cc(C(F)(F)F)nn23)c2ccc(F)cc2)C1. The van der Waals surface area contributed by atoms with E-state index in [1.165, 1.54) is 29.2 Å². The van der Waals surface area contributed by atoms with Gasteiger partial charge in [-0.15, -0.1) is 0 Å². The van der Waals surface area contributed by atoms with Crippen molar-refractivity contribution in [2.45, 2.75) is 31.1 Å². The molecule has 1 saturated heterocycles. The number of alkyl halides is 6. The molecule has 36 heavy (non-hydrogen) atoms. The van der Waals surface area contributed by atoms with E-state index in [4.69, 9.17) is 5.73 Å². The Morgan fingerprint density at radius 1 is 1.08 bits per heavy atom. The Morgan fingerprint density at radius 3 is 2.36 bits per heavy atom. The molecule has 194 valence electrons. The molecular formula is C22H21F7N6O. The van der Waals surface area contributed by atoms with E-state index in [-0.39, 0.29) is 24.8 Å². The summed E-state index contributed by atoms with van der Waals surface area (Å²) in [6, 6.07) is 5.89. The van der Waals surface area contributed by atoms with E-state index in [1.807, 2.05) is 0 Å². The van der Waals surface area contributed by atoms with Gasteiger partial charge >= 0.3 is 18.4 Å². The summed E-state index contributed by atoms with van der Waals surface area (Å²) in [5.74, 6) is -1.48. The largest absolute Gasteiger partial charge is 0.435 e. The van der Waals surface area contributed by atoms with Crippen molar-refractivity contribution in [1.82, 2.24) is 19.5 Å². The summed E-state index contributed by atoms with van der Waals surface area (Å²) in [5.41, 5.74) is 2.64. The first-order valence-electron chi connectivity index (χ1n) is 10.9. The molecule has 3 heterocycles. The van der Waals surface area contributed by atoms with Crippen molar-refractivity contribution in [3.05, 3.63) is 59.2 Å². The number of carbonyl (C=O) groups is 1. The van der Waals surface area contributed by atoms with E-state index in [2.05, 4.69) is 15.4 Å². The summed E-state index contributed by atoms with van der Waals surface area (Å²) < 4.78 is 94.0. The molecule has 0 aliphatic carbocycles. The van der Waals surface area contributed by atoms with E-state index in [0.29, 0.717) is 41.6 Å². The van der Waals surface area contributed by atoms with Crippen LogP contribution in [0.25, 0.3) is 5.65 Å². The second kappa shape index (κ2) is 9.47. The van der Waals surface area contributed by atoms with Gasteiger partial charge in [0.2, 0.25) is 0 Å². The molecule has 0 saturated carbocycles. The number of rotatable bonds is 5. The normalized spacial score (nSPS) is 17.9. The summed E-state index contributed by atoms with van der Waals surface area (Å²) in [5, 5.41) is 6.18. The second-order valence-corrected chi connectivity index (χ2v) is 8.55. The fourth-order valence-corrected chi connectivity index (χ4v) is 4.40. The number of nitrogens with zero attached hydrogens (tertiary/aromatic N) is 4. The molecule has 3 aromatic rings. The highest BCUT2D eigenvalue weighted by Crippen LogP contribution is 2.35. The molecule has 1 aromatic carbocycles. The summed E-state index contributed by atoms with van der Waals surface area (Å²) in [6.45, 7) is 0.669. The Kier molecular flexibility index (Phi) is 6.71. The van der Waals surface area contributed by atoms with E-state index in [0.717, 1.165) is 0 Å². The van der Waals surface area contributed by atoms with Crippen molar-refractivity contribution >= 4 is 17.5 Å². The Bertz CT molecular complexity index is 1240. The predicted octanol–water partition coefficient (Wildman–Crippen LogP) is 4.89. The highest BCUT2D eigenvalue weighted by Gasteiger charge is 2.37. The summed E-state index contributed by atoms with van der Waals surface area (Å²) >= 11 is 0. The van der Waals surface area contributed by atoms with Crippen LogP contribution in [0.15, 0.2) is 36.4 Å². The van der Waals surface area contributed by atoms with Gasteiger partial charge in [-0.3, -0.25) is 0 Å². The standard InChI is InChI=1S/C22H21F7N6O/c23-14-5-3-12(4-6-14)15(13-2-1-7-34(11-13)20(30)36)10-31-18-8-16(21(24,25)26)32-19-9-17(22(27,28)29)33-35(18)19/h3-6,8-9,13,15,31H,1-2,7,10-11H2,(H2,30,36). The fraction of sp³-hybridized carbons (Fsp3) is 0.409. The lowest BCUT2D eigenvalue weighted by Gasteiger charge is -2.36. The van der Waals surface area contributed by atoms with Crippen molar-refractivity contribution in [2.75, 3.05) is 25.0 Å². The van der Waals surface area contributed by atoms with Crippen LogP contribution in [-0.2, 0) is 12.4 Å². The van der Waals surface area contributed by atoms with Crippen LogP contribution in [0.4, 0.5) is 41.3 Å². The molecular weight excluding hydrogens is 497 g/mol. The molecule has 14 heteroatoms. The van der Waals surface area contributed by atoms with Gasteiger partial charge in [0.15, 0.2) is 17.0 Å². The summed E-state index contributed by atoms with van der Waals surface area (Å²) in [7, 11) is 0. The number of piperidine rings is 1. The van der Waals surface area contributed by atoms with Crippen LogP contribution in [-0.4, -0.2) is 45.2 Å². The number of anilines is 1. The number of aromatic nitrogens is 3. The molecule has 0 spiro atoms. The number of urea groups is 1. The summed E-state index contributed by atoms with van der Waals surface area (Å²) in [6.07, 6.45) is -8.53. The first-order valence-corrected chi connectivity index (χ1v) is 10.9. The van der Waals surface area contributed by atoms with Crippen LogP contribution >= 0.6 is 0 Å². The Hall–Kier alpha value is -3.58. The maximum atomic E-state index is 13.5. The third-order valence-electron chi connectivity index (χ3n) is 6.15. The van der Waals surface area contributed by atoms with Gasteiger partial charge in [0.05, 0.1) is 0 Å². The zero-order valence-corrected chi connectivity index (χ0v) is 18.6. The highest BCUT2D eigenvalue weighted by atomic mass is 19.4. The molecule has 0 bridgehead atoms. The van der Waals surface area contributed by atoms with Crippen molar-refractivity contribution in [2.24, 2.45) is 11.7 Å². The molecule has 7 nitrogen and oxygen atoms in total. The van der Waals surface area contributed by atoms with Crippen LogP contribution in [0.3, 0.4) is 0 Å². The first kappa shape index (κ1) is 25.5. The smallest absolute Gasteiger partial charge is 0.369 e. The molecule has 2 aromatic heterocycles. The lowest BCUT2D eigenvalue weighted by Crippen LogP contribution is -2.45. The third kappa shape index (κ3) is 5.46. The number of nitrogens with one attached hydrogen (secondary N) is 1. The van der Waals surface area contributed by atoms with Gasteiger partial charge < -0.3 is 16.0 Å². The molecule has 2 atom stereocenters. The number of hydrogen-bond donors (Lipinski definition) is 2. The number of carbonyl (C=O) groups excluding carboxylic acids is 1. The van der Waals surface area contributed by atoms with E-state index >= 15 is 0 Å². The van der Waals surface area contributed by atoms with Gasteiger partial charge in [0.1, 0.15) is 11.6 Å². The second-order valence-electron chi connectivity index (χ2n) is 8.55. The molecule has 0 radical (unpaired) electrons. The fourth-order valence-electron chi connectivity index (χ4n) is 4.40. The average Bonchev–Trinajstić information content (AvgIpc) is 3.25. The molecule has 3 N–H and O–H groups in total. The van der Waals surface area contributed by atoms with E-state index < -0.39 is 47.2 Å². The minimum Gasteiger partial charge on any atom is -0.369 e. The zero-order chi connectivity index (χ0) is 26.3. The number of amides is 2. The molecule has 2 unspecified atom stereocenters. The Morgan fingerprint density at radius 2 is 1.75 bits per heavy atom. The molecule has 1 fully saturated rings. The number of nitrogens with two attached hydrogens (primary N) is 1. The Labute approximate surface area is 200 Å². The van der Waals surface area contributed by atoms with Crippen LogP contribution in [0.1, 0.15) is 35.7 Å². The van der Waals surface area contributed by atoms with Gasteiger partial charge in [0.25, 0.3) is 0 Å². The molecule has 2 amide bonds. The van der Waals surface area contributed by atoms with Crippen molar-refractivity contribution in [1.29, 1.82) is 0 Å². The lowest BCUT2D eigenvalue weighted by molar-refractivity contribution is -0.142. The Balaban J connectivity index is 1.71. The maximum Gasteiger partial charge on any atom is 0.435 e. The van der Waals surface area contributed by atoms with Gasteiger partial charge in [-0.25, -0.2) is 14.2 Å². The van der Waals surface area contributed by atoms with Crippen molar-refractivity contribution in [3.8, 4) is 0 Å². The van der Waals surface area contributed by atoms with Crippen LogP contribution < -0.4 is 11.1 Å². The number of hydrogen-bond acceptors (Lipinski definition) is 4. The number of halogens is 7. The van der Waals surface area contributed by atoms with Gasteiger partial charge in [0, 0.05) is 37.7 Å². The minimum absolute atomic E-state index is 0.0411. The summed E-state index contributed by atoms with van der Waals surface area (Å²) in [4.78, 5) is 16.4. The molecule has 1 aliphatic heterocycles. The van der Waals surface area contributed by atoms with E-state index in [9.17, 15) is 35.5 Å².